The molecule has 5 rings (SSSR count). The molecule has 1 aromatic carbocycles. The molecule has 1 N–H and O–H groups in total. The Morgan fingerprint density at radius 3 is 2.85 bits per heavy atom. The van der Waals surface area contributed by atoms with Crippen LogP contribution in [0.5, 0.6) is 5.75 Å². The second-order valence-electron chi connectivity index (χ2n) is 7.32. The zero-order chi connectivity index (χ0) is 17.5. The quantitative estimate of drug-likeness (QED) is 0.875. The number of amides is 1. The van der Waals surface area contributed by atoms with Crippen LogP contribution in [0, 0.1) is 0 Å². The number of benzene rings is 1. The van der Waals surface area contributed by atoms with E-state index in [0.717, 1.165) is 68.5 Å². The molecular weight excluding hydrogens is 330 g/mol. The number of para-hydroxylation sites is 1. The molecule has 1 atom stereocenters. The molecule has 0 radical (unpaired) electrons. The number of piperidine rings is 1. The number of hydrogen-bond donors (Lipinski definition) is 1. The van der Waals surface area contributed by atoms with Crippen LogP contribution in [0.2, 0.25) is 0 Å². The fourth-order valence-electron chi connectivity index (χ4n) is 4.30. The highest BCUT2D eigenvalue weighted by Crippen LogP contribution is 2.31. The number of carbonyl (C=O) groups excluding carboxylic acids is 1. The first-order valence-electron chi connectivity index (χ1n) is 9.45. The summed E-state index contributed by atoms with van der Waals surface area (Å²) >= 11 is 0. The summed E-state index contributed by atoms with van der Waals surface area (Å²) in [6.45, 7) is 4.23. The van der Waals surface area contributed by atoms with Gasteiger partial charge in [0.1, 0.15) is 17.4 Å². The van der Waals surface area contributed by atoms with Gasteiger partial charge < -0.3 is 19.5 Å². The molecule has 1 aromatic heterocycles. The number of ether oxygens (including phenoxy) is 1. The standard InChI is InChI=1S/C19H23N5O2/c25-19(16-11-14-3-1-2-4-15(14)26-16)23-8-5-13(6-9-23)18-22-21-17-12-20-7-10-24(17)18/h1-4,13,16,20H,5-12H2. The molecule has 0 bridgehead atoms. The van der Waals surface area contributed by atoms with Gasteiger partial charge in [0.25, 0.3) is 5.91 Å². The second kappa shape index (κ2) is 6.39. The fraction of sp³-hybridized carbons (Fsp3) is 0.526. The van der Waals surface area contributed by atoms with Crippen molar-refractivity contribution < 1.29 is 9.53 Å². The molecule has 0 saturated carbocycles. The van der Waals surface area contributed by atoms with E-state index in [4.69, 9.17) is 4.74 Å². The highest BCUT2D eigenvalue weighted by molar-refractivity contribution is 5.82. The van der Waals surface area contributed by atoms with Gasteiger partial charge in [-0.25, -0.2) is 0 Å². The smallest absolute Gasteiger partial charge is 0.263 e. The maximum absolute atomic E-state index is 12.9. The molecule has 2 aromatic rings. The number of likely N-dealkylation sites (tertiary alicyclic amines) is 1. The van der Waals surface area contributed by atoms with Gasteiger partial charge in [-0.2, -0.15) is 0 Å². The number of carbonyl (C=O) groups is 1. The summed E-state index contributed by atoms with van der Waals surface area (Å²) in [4.78, 5) is 14.8. The molecule has 1 unspecified atom stereocenters. The Morgan fingerprint density at radius 1 is 1.15 bits per heavy atom. The summed E-state index contributed by atoms with van der Waals surface area (Å²) in [6, 6.07) is 7.93. The summed E-state index contributed by atoms with van der Waals surface area (Å²) in [7, 11) is 0. The highest BCUT2D eigenvalue weighted by Gasteiger charge is 2.35. The Labute approximate surface area is 152 Å². The zero-order valence-corrected chi connectivity index (χ0v) is 14.7. The minimum Gasteiger partial charge on any atom is -0.480 e. The predicted molar refractivity (Wildman–Crippen MR) is 94.8 cm³/mol. The number of nitrogens with zero attached hydrogens (tertiary/aromatic N) is 4. The predicted octanol–water partition coefficient (Wildman–Crippen LogP) is 1.09. The lowest BCUT2D eigenvalue weighted by Crippen LogP contribution is -2.45. The third kappa shape index (κ3) is 2.67. The highest BCUT2D eigenvalue weighted by atomic mass is 16.5. The van der Waals surface area contributed by atoms with Crippen LogP contribution in [0.25, 0.3) is 0 Å². The number of aromatic nitrogens is 3. The lowest BCUT2D eigenvalue weighted by atomic mass is 9.95. The van der Waals surface area contributed by atoms with E-state index in [9.17, 15) is 4.79 Å². The average Bonchev–Trinajstić information content (AvgIpc) is 3.32. The van der Waals surface area contributed by atoms with E-state index in [1.807, 2.05) is 29.2 Å². The van der Waals surface area contributed by atoms with Crippen molar-refractivity contribution in [2.24, 2.45) is 0 Å². The molecular formula is C19H23N5O2. The van der Waals surface area contributed by atoms with Gasteiger partial charge in [0.05, 0.1) is 6.54 Å². The number of fused-ring (bicyclic) bond motifs is 2. The number of nitrogens with one attached hydrogen (secondary N) is 1. The topological polar surface area (TPSA) is 72.3 Å². The Hall–Kier alpha value is -2.41. The van der Waals surface area contributed by atoms with E-state index in [1.54, 1.807) is 0 Å². The van der Waals surface area contributed by atoms with E-state index >= 15 is 0 Å². The first-order chi connectivity index (χ1) is 12.8. The molecule has 1 fully saturated rings. The van der Waals surface area contributed by atoms with E-state index in [0.29, 0.717) is 12.3 Å². The van der Waals surface area contributed by atoms with E-state index in [2.05, 4.69) is 20.1 Å². The summed E-state index contributed by atoms with van der Waals surface area (Å²) < 4.78 is 8.13. The van der Waals surface area contributed by atoms with Crippen LogP contribution < -0.4 is 10.1 Å². The van der Waals surface area contributed by atoms with Crippen molar-refractivity contribution >= 4 is 5.91 Å². The maximum Gasteiger partial charge on any atom is 0.263 e. The number of rotatable bonds is 2. The van der Waals surface area contributed by atoms with Crippen LogP contribution in [0.15, 0.2) is 24.3 Å². The van der Waals surface area contributed by atoms with Crippen molar-refractivity contribution in [2.75, 3.05) is 19.6 Å². The molecule has 0 aliphatic carbocycles. The van der Waals surface area contributed by atoms with Gasteiger partial charge in [0, 0.05) is 38.5 Å². The first kappa shape index (κ1) is 15.8. The lowest BCUT2D eigenvalue weighted by Gasteiger charge is -2.33. The lowest BCUT2D eigenvalue weighted by molar-refractivity contribution is -0.139. The van der Waals surface area contributed by atoms with Crippen LogP contribution in [0.1, 0.15) is 36.0 Å². The molecule has 3 aliphatic heterocycles. The molecule has 136 valence electrons. The summed E-state index contributed by atoms with van der Waals surface area (Å²) in [5.41, 5.74) is 1.13. The van der Waals surface area contributed by atoms with Gasteiger partial charge in [-0.1, -0.05) is 18.2 Å². The minimum atomic E-state index is -0.365. The van der Waals surface area contributed by atoms with Gasteiger partial charge >= 0.3 is 0 Å². The van der Waals surface area contributed by atoms with E-state index < -0.39 is 0 Å². The van der Waals surface area contributed by atoms with E-state index in [1.165, 1.54) is 0 Å². The molecule has 1 amide bonds. The third-order valence-electron chi connectivity index (χ3n) is 5.75. The second-order valence-corrected chi connectivity index (χ2v) is 7.32. The summed E-state index contributed by atoms with van der Waals surface area (Å²) in [6.07, 6.45) is 2.20. The molecule has 0 spiro atoms. The number of hydrogen-bond acceptors (Lipinski definition) is 5. The van der Waals surface area contributed by atoms with Crippen molar-refractivity contribution in [2.45, 2.75) is 44.4 Å². The van der Waals surface area contributed by atoms with Gasteiger partial charge in [-0.3, -0.25) is 4.79 Å². The summed E-state index contributed by atoms with van der Waals surface area (Å²) in [5.74, 6) is 3.48. The molecule has 4 heterocycles. The van der Waals surface area contributed by atoms with Crippen molar-refractivity contribution in [1.29, 1.82) is 0 Å². The first-order valence-corrected chi connectivity index (χ1v) is 9.45. The van der Waals surface area contributed by atoms with Crippen LogP contribution in [0.3, 0.4) is 0 Å². The zero-order valence-electron chi connectivity index (χ0n) is 14.7. The van der Waals surface area contributed by atoms with Crippen molar-refractivity contribution in [1.82, 2.24) is 25.0 Å². The third-order valence-corrected chi connectivity index (χ3v) is 5.75. The molecule has 7 nitrogen and oxygen atoms in total. The van der Waals surface area contributed by atoms with Crippen LogP contribution in [-0.2, 0) is 24.3 Å². The van der Waals surface area contributed by atoms with Crippen molar-refractivity contribution in [3.63, 3.8) is 0 Å². The maximum atomic E-state index is 12.9. The normalized spacial score (nSPS) is 22.6. The Kier molecular flexibility index (Phi) is 3.89. The SMILES string of the molecule is O=C(C1Cc2ccccc2O1)N1CCC(c2nnc3n2CCNC3)CC1. The van der Waals surface area contributed by atoms with Crippen molar-refractivity contribution in [3.05, 3.63) is 41.5 Å². The van der Waals surface area contributed by atoms with Gasteiger partial charge in [-0.15, -0.1) is 10.2 Å². The van der Waals surface area contributed by atoms with Crippen molar-refractivity contribution in [3.8, 4) is 5.75 Å². The molecule has 1 saturated heterocycles. The minimum absolute atomic E-state index is 0.118. The van der Waals surface area contributed by atoms with Gasteiger partial charge in [0.2, 0.25) is 0 Å². The molecule has 7 heteroatoms. The van der Waals surface area contributed by atoms with Crippen LogP contribution in [0.4, 0.5) is 0 Å². The van der Waals surface area contributed by atoms with Gasteiger partial charge in [0.15, 0.2) is 6.10 Å². The average molecular weight is 353 g/mol. The Morgan fingerprint density at radius 2 is 2.00 bits per heavy atom. The van der Waals surface area contributed by atoms with Gasteiger partial charge in [-0.05, 0) is 24.5 Å². The van der Waals surface area contributed by atoms with Crippen LogP contribution in [-0.4, -0.2) is 51.3 Å². The fourth-order valence-corrected chi connectivity index (χ4v) is 4.30. The summed E-state index contributed by atoms with van der Waals surface area (Å²) in [5, 5.41) is 12.1. The van der Waals surface area contributed by atoms with E-state index in [-0.39, 0.29) is 12.0 Å². The molecule has 3 aliphatic rings. The Balaban J connectivity index is 1.22. The monoisotopic (exact) mass is 353 g/mol. The molecule has 26 heavy (non-hydrogen) atoms. The largest absolute Gasteiger partial charge is 0.480 e. The van der Waals surface area contributed by atoms with Crippen LogP contribution >= 0.6 is 0 Å². The Bertz CT molecular complexity index is 800.